The highest BCUT2D eigenvalue weighted by molar-refractivity contribution is 6.42. The Labute approximate surface area is 172 Å². The van der Waals surface area contributed by atoms with E-state index in [1.54, 1.807) is 25.1 Å². The molecule has 1 aliphatic carbocycles. The molecule has 2 atom stereocenters. The number of hydrogen-bond donors (Lipinski definition) is 3. The van der Waals surface area contributed by atoms with Crippen LogP contribution in [0.25, 0.3) is 0 Å². The van der Waals surface area contributed by atoms with Crippen LogP contribution in [0, 0.1) is 5.92 Å². The van der Waals surface area contributed by atoms with E-state index in [9.17, 15) is 19.5 Å². The summed E-state index contributed by atoms with van der Waals surface area (Å²) in [5.41, 5.74) is -0.930. The lowest BCUT2D eigenvalue weighted by Crippen LogP contribution is -2.47. The Hall–Kier alpha value is -2.03. The Morgan fingerprint density at radius 2 is 2.14 bits per heavy atom. The fourth-order valence-corrected chi connectivity index (χ4v) is 3.41. The third kappa shape index (κ3) is 4.34. The van der Waals surface area contributed by atoms with E-state index in [0.29, 0.717) is 10.8 Å². The first kappa shape index (κ1) is 20.7. The van der Waals surface area contributed by atoms with Crippen molar-refractivity contribution in [3.63, 3.8) is 0 Å². The van der Waals surface area contributed by atoms with E-state index in [1.807, 2.05) is 0 Å². The maximum Gasteiger partial charge on any atom is 0.325 e. The topological polar surface area (TPSA) is 108 Å². The van der Waals surface area contributed by atoms with Gasteiger partial charge in [-0.3, -0.25) is 14.5 Å². The average molecular weight is 430 g/mol. The number of rotatable bonds is 8. The highest BCUT2D eigenvalue weighted by Crippen LogP contribution is 2.42. The molecule has 2 unspecified atom stereocenters. The predicted octanol–water partition coefficient (Wildman–Crippen LogP) is 1.57. The van der Waals surface area contributed by atoms with Gasteiger partial charge in [-0.1, -0.05) is 29.3 Å². The minimum absolute atomic E-state index is 0.111. The number of imide groups is 1. The maximum absolute atomic E-state index is 12.5. The summed E-state index contributed by atoms with van der Waals surface area (Å²) in [7, 11) is 0. The molecule has 1 saturated carbocycles. The van der Waals surface area contributed by atoms with Gasteiger partial charge in [-0.25, -0.2) is 4.79 Å². The summed E-state index contributed by atoms with van der Waals surface area (Å²) in [6.45, 7) is 1.05. The zero-order valence-corrected chi connectivity index (χ0v) is 16.7. The van der Waals surface area contributed by atoms with Gasteiger partial charge in [0.25, 0.3) is 5.91 Å². The SMILES string of the molecule is CC1(C2CC2)NC(=O)N(CC(=O)NCC(O)COc2cccc(Cl)c2Cl)C1=O. The number of urea groups is 1. The van der Waals surface area contributed by atoms with Gasteiger partial charge in [0.05, 0.1) is 5.02 Å². The summed E-state index contributed by atoms with van der Waals surface area (Å²) < 4.78 is 5.39. The first-order valence-electron chi connectivity index (χ1n) is 8.88. The third-order valence-electron chi connectivity index (χ3n) is 4.88. The van der Waals surface area contributed by atoms with Gasteiger partial charge in [0.15, 0.2) is 0 Å². The van der Waals surface area contributed by atoms with Crippen molar-refractivity contribution in [3.05, 3.63) is 28.2 Å². The van der Waals surface area contributed by atoms with E-state index in [1.165, 1.54) is 0 Å². The first-order valence-corrected chi connectivity index (χ1v) is 9.63. The molecule has 1 aromatic carbocycles. The van der Waals surface area contributed by atoms with Crippen LogP contribution in [0.4, 0.5) is 4.79 Å². The number of aliphatic hydroxyl groups excluding tert-OH is 1. The first-order chi connectivity index (χ1) is 13.2. The van der Waals surface area contributed by atoms with Crippen molar-refractivity contribution < 1.29 is 24.2 Å². The quantitative estimate of drug-likeness (QED) is 0.543. The second-order valence-corrected chi connectivity index (χ2v) is 7.90. The molecule has 3 rings (SSSR count). The van der Waals surface area contributed by atoms with Gasteiger partial charge >= 0.3 is 6.03 Å². The van der Waals surface area contributed by atoms with Crippen LogP contribution < -0.4 is 15.4 Å². The fourth-order valence-electron chi connectivity index (χ4n) is 3.07. The van der Waals surface area contributed by atoms with Gasteiger partial charge in [-0.15, -0.1) is 0 Å². The molecule has 2 aliphatic rings. The van der Waals surface area contributed by atoms with Crippen molar-refractivity contribution in [3.8, 4) is 5.75 Å². The van der Waals surface area contributed by atoms with Gasteiger partial charge in [0, 0.05) is 6.54 Å². The Morgan fingerprint density at radius 3 is 2.82 bits per heavy atom. The number of ether oxygens (including phenoxy) is 1. The molecule has 1 saturated heterocycles. The highest BCUT2D eigenvalue weighted by atomic mass is 35.5. The largest absolute Gasteiger partial charge is 0.489 e. The van der Waals surface area contributed by atoms with Crippen LogP contribution in [0.1, 0.15) is 19.8 Å². The molecule has 3 N–H and O–H groups in total. The number of aliphatic hydroxyl groups is 1. The average Bonchev–Trinajstić information content (AvgIpc) is 3.47. The van der Waals surface area contributed by atoms with Crippen LogP contribution in [-0.4, -0.2) is 59.2 Å². The molecule has 2 fully saturated rings. The van der Waals surface area contributed by atoms with Gasteiger partial charge in [-0.2, -0.15) is 0 Å². The van der Waals surface area contributed by atoms with Crippen molar-refractivity contribution >= 4 is 41.0 Å². The fraction of sp³-hybridized carbons (Fsp3) is 0.500. The van der Waals surface area contributed by atoms with E-state index < -0.39 is 36.0 Å². The van der Waals surface area contributed by atoms with Gasteiger partial charge in [0.2, 0.25) is 5.91 Å². The van der Waals surface area contributed by atoms with E-state index >= 15 is 0 Å². The molecule has 0 radical (unpaired) electrons. The van der Waals surface area contributed by atoms with Gasteiger partial charge < -0.3 is 20.5 Å². The molecule has 8 nitrogen and oxygen atoms in total. The van der Waals surface area contributed by atoms with Crippen molar-refractivity contribution in [2.45, 2.75) is 31.4 Å². The molecular weight excluding hydrogens is 409 g/mol. The molecule has 1 aromatic rings. The van der Waals surface area contributed by atoms with Crippen molar-refractivity contribution in [1.82, 2.24) is 15.5 Å². The lowest BCUT2D eigenvalue weighted by molar-refractivity contribution is -0.135. The zero-order valence-electron chi connectivity index (χ0n) is 15.2. The predicted molar refractivity (Wildman–Crippen MR) is 102 cm³/mol. The normalized spacial score (nSPS) is 22.8. The minimum atomic E-state index is -1.01. The monoisotopic (exact) mass is 429 g/mol. The third-order valence-corrected chi connectivity index (χ3v) is 5.68. The highest BCUT2D eigenvalue weighted by Gasteiger charge is 2.56. The van der Waals surface area contributed by atoms with Crippen LogP contribution in [0.5, 0.6) is 5.75 Å². The molecule has 0 aromatic heterocycles. The molecule has 1 aliphatic heterocycles. The molecular formula is C18H21Cl2N3O5. The summed E-state index contributed by atoms with van der Waals surface area (Å²) in [6, 6.07) is 4.30. The molecule has 0 bridgehead atoms. The molecule has 152 valence electrons. The standard InChI is InChI=1S/C18H21Cl2N3O5/c1-18(10-5-6-10)16(26)23(17(27)22-18)8-14(25)21-7-11(24)9-28-13-4-2-3-12(19)15(13)20/h2-4,10-11,24H,5-9H2,1H3,(H,21,25)(H,22,27). The number of benzene rings is 1. The molecule has 10 heteroatoms. The summed E-state index contributed by atoms with van der Waals surface area (Å²) in [4.78, 5) is 37.5. The Morgan fingerprint density at radius 1 is 1.43 bits per heavy atom. The van der Waals surface area contributed by atoms with Crippen molar-refractivity contribution in [2.75, 3.05) is 19.7 Å². The number of nitrogens with one attached hydrogen (secondary N) is 2. The molecule has 1 heterocycles. The van der Waals surface area contributed by atoms with Crippen LogP contribution in [-0.2, 0) is 9.59 Å². The van der Waals surface area contributed by atoms with Crippen LogP contribution >= 0.6 is 23.2 Å². The number of carbonyl (C=O) groups is 3. The second kappa shape index (κ2) is 8.14. The van der Waals surface area contributed by atoms with Crippen LogP contribution in [0.2, 0.25) is 10.0 Å². The lowest BCUT2D eigenvalue weighted by Gasteiger charge is -2.21. The lowest BCUT2D eigenvalue weighted by atomic mass is 9.96. The summed E-state index contributed by atoms with van der Waals surface area (Å²) in [5, 5.41) is 15.7. The van der Waals surface area contributed by atoms with E-state index in [4.69, 9.17) is 27.9 Å². The number of amides is 4. The Kier molecular flexibility index (Phi) is 6.02. The summed E-state index contributed by atoms with van der Waals surface area (Å²) >= 11 is 11.9. The summed E-state index contributed by atoms with van der Waals surface area (Å²) in [6.07, 6.45) is 0.746. The molecule has 0 spiro atoms. The van der Waals surface area contributed by atoms with Crippen molar-refractivity contribution in [2.24, 2.45) is 5.92 Å². The van der Waals surface area contributed by atoms with E-state index in [0.717, 1.165) is 17.7 Å². The molecule has 4 amide bonds. The zero-order chi connectivity index (χ0) is 20.5. The maximum atomic E-state index is 12.5. The number of nitrogens with zero attached hydrogens (tertiary/aromatic N) is 1. The van der Waals surface area contributed by atoms with Crippen molar-refractivity contribution in [1.29, 1.82) is 0 Å². The summed E-state index contributed by atoms with van der Waals surface area (Å²) in [5.74, 6) is -0.509. The molecule has 28 heavy (non-hydrogen) atoms. The number of carbonyl (C=O) groups excluding carboxylic acids is 3. The van der Waals surface area contributed by atoms with Gasteiger partial charge in [0.1, 0.15) is 35.6 Å². The van der Waals surface area contributed by atoms with Crippen LogP contribution in [0.15, 0.2) is 18.2 Å². The number of halogens is 2. The number of hydrogen-bond acceptors (Lipinski definition) is 5. The van der Waals surface area contributed by atoms with Crippen LogP contribution in [0.3, 0.4) is 0 Å². The van der Waals surface area contributed by atoms with Gasteiger partial charge in [-0.05, 0) is 37.8 Å². The Bertz CT molecular complexity index is 801. The Balaban J connectivity index is 1.44. The van der Waals surface area contributed by atoms with E-state index in [-0.39, 0.29) is 24.1 Å². The smallest absolute Gasteiger partial charge is 0.325 e. The van der Waals surface area contributed by atoms with E-state index in [2.05, 4.69) is 10.6 Å². The minimum Gasteiger partial charge on any atom is -0.489 e. The second-order valence-electron chi connectivity index (χ2n) is 7.12.